The summed E-state index contributed by atoms with van der Waals surface area (Å²) in [6, 6.07) is 14.8. The fourth-order valence-corrected chi connectivity index (χ4v) is 8.93. The number of rotatable bonds is 6. The number of carbonyl (C=O) groups excluding carboxylic acids is 4. The van der Waals surface area contributed by atoms with E-state index in [-0.39, 0.29) is 35.0 Å². The topological polar surface area (TPSA) is 185 Å². The number of imide groups is 2. The molecule has 3 fully saturated rings. The number of nitro benzene ring substituents is 2. The van der Waals surface area contributed by atoms with Gasteiger partial charge in [0.25, 0.3) is 0 Å². The Morgan fingerprint density at radius 1 is 0.860 bits per heavy atom. The van der Waals surface area contributed by atoms with Gasteiger partial charge in [0.15, 0.2) is 5.69 Å². The lowest BCUT2D eigenvalue weighted by atomic mass is 9.51. The molecule has 1 saturated carbocycles. The quantitative estimate of drug-likeness (QED) is 0.152. The fourth-order valence-electron chi connectivity index (χ4n) is 8.64. The Kier molecular flexibility index (Phi) is 7.55. The molecule has 2 aliphatic carbocycles. The molecule has 7 rings (SSSR count). The van der Waals surface area contributed by atoms with E-state index in [1.54, 1.807) is 49.4 Å². The van der Waals surface area contributed by atoms with Crippen LogP contribution in [0.3, 0.4) is 0 Å². The average molecular weight is 700 g/mol. The third-order valence-corrected chi connectivity index (χ3v) is 11.1. The van der Waals surface area contributed by atoms with Crippen LogP contribution < -0.4 is 14.7 Å². The number of aromatic hydroxyl groups is 1. The van der Waals surface area contributed by atoms with Crippen LogP contribution in [0.4, 0.5) is 28.4 Å². The summed E-state index contributed by atoms with van der Waals surface area (Å²) in [7, 11) is 2.81. The summed E-state index contributed by atoms with van der Waals surface area (Å²) in [4.78, 5) is 83.0. The molecule has 15 heteroatoms. The van der Waals surface area contributed by atoms with Crippen LogP contribution in [-0.4, -0.2) is 52.7 Å². The number of phenols is 1. The molecule has 4 aliphatic rings. The number of nitrogens with zero attached hydrogens (tertiary/aromatic N) is 5. The molecule has 1 N–H and O–H groups in total. The van der Waals surface area contributed by atoms with E-state index in [0.29, 0.717) is 16.8 Å². The first-order valence-electron chi connectivity index (χ1n) is 15.8. The molecule has 0 radical (unpaired) electrons. The second kappa shape index (κ2) is 11.5. The van der Waals surface area contributed by atoms with E-state index in [1.807, 2.05) is 0 Å². The van der Waals surface area contributed by atoms with Gasteiger partial charge in [-0.05, 0) is 55.5 Å². The largest absolute Gasteiger partial charge is 0.508 e. The Morgan fingerprint density at radius 2 is 1.50 bits per heavy atom. The summed E-state index contributed by atoms with van der Waals surface area (Å²) < 4.78 is 0. The third kappa shape index (κ3) is 4.54. The van der Waals surface area contributed by atoms with Crippen molar-refractivity contribution in [2.24, 2.45) is 29.1 Å². The van der Waals surface area contributed by atoms with Crippen LogP contribution in [0.2, 0.25) is 5.02 Å². The van der Waals surface area contributed by atoms with Gasteiger partial charge in [0.1, 0.15) is 5.75 Å². The second-order valence-corrected chi connectivity index (χ2v) is 13.9. The molecule has 6 unspecified atom stereocenters. The van der Waals surface area contributed by atoms with Gasteiger partial charge in [-0.25, -0.2) is 9.80 Å². The Bertz CT molecular complexity index is 2050. The van der Waals surface area contributed by atoms with Gasteiger partial charge in [0, 0.05) is 37.2 Å². The minimum absolute atomic E-state index is 0.0380. The van der Waals surface area contributed by atoms with E-state index in [2.05, 4.69) is 0 Å². The molecule has 2 heterocycles. The number of nitro groups is 2. The number of phenolic OH excluding ortho intramolecular Hbond substituents is 1. The van der Waals surface area contributed by atoms with Crippen molar-refractivity contribution >= 4 is 63.7 Å². The minimum Gasteiger partial charge on any atom is -0.508 e. The van der Waals surface area contributed by atoms with Gasteiger partial charge >= 0.3 is 11.4 Å². The number of hydrogen-bond donors (Lipinski definition) is 1. The SMILES string of the molecule is CN(C)c1c([N+](=O)[O-])cc(N2C(=O)C3CC=C4C(CC5C(=O)N(c6ccccc6)C(=O)C5(C)C4c4ccc(O)cc4Cl)C3C2=O)cc1[N+](=O)[O-]. The maximum Gasteiger partial charge on any atom is 0.301 e. The van der Waals surface area contributed by atoms with Crippen molar-refractivity contribution in [3.63, 3.8) is 0 Å². The first kappa shape index (κ1) is 32.9. The average Bonchev–Trinajstić information content (AvgIpc) is 3.44. The van der Waals surface area contributed by atoms with Crippen LogP contribution in [0.1, 0.15) is 31.2 Å². The lowest BCUT2D eigenvalue weighted by molar-refractivity contribution is -0.392. The van der Waals surface area contributed by atoms with Crippen LogP contribution in [0.15, 0.2) is 72.3 Å². The van der Waals surface area contributed by atoms with Gasteiger partial charge in [-0.2, -0.15) is 0 Å². The van der Waals surface area contributed by atoms with Crippen LogP contribution >= 0.6 is 11.6 Å². The van der Waals surface area contributed by atoms with Gasteiger partial charge in [-0.15, -0.1) is 0 Å². The predicted octanol–water partition coefficient (Wildman–Crippen LogP) is 5.36. The van der Waals surface area contributed by atoms with E-state index in [4.69, 9.17) is 11.6 Å². The molecular formula is C35H30ClN5O9. The molecule has 4 amide bonds. The smallest absolute Gasteiger partial charge is 0.301 e. The van der Waals surface area contributed by atoms with Crippen molar-refractivity contribution < 1.29 is 34.1 Å². The maximum atomic E-state index is 14.5. The van der Waals surface area contributed by atoms with E-state index in [1.165, 1.54) is 31.1 Å². The Balaban J connectivity index is 1.37. The van der Waals surface area contributed by atoms with Gasteiger partial charge in [0.05, 0.1) is 44.4 Å². The number of fused-ring (bicyclic) bond motifs is 4. The zero-order valence-corrected chi connectivity index (χ0v) is 27.7. The molecule has 2 saturated heterocycles. The first-order chi connectivity index (χ1) is 23.7. The number of benzene rings is 3. The first-order valence-corrected chi connectivity index (χ1v) is 16.2. The van der Waals surface area contributed by atoms with Crippen LogP contribution in [0.25, 0.3) is 0 Å². The highest BCUT2D eigenvalue weighted by Crippen LogP contribution is 2.64. The van der Waals surface area contributed by atoms with E-state index in [0.717, 1.165) is 21.9 Å². The molecule has 2 aliphatic heterocycles. The third-order valence-electron chi connectivity index (χ3n) is 10.7. The molecule has 3 aromatic carbocycles. The molecule has 0 spiro atoms. The number of allylic oxidation sites excluding steroid dienone is 2. The van der Waals surface area contributed by atoms with Crippen LogP contribution in [0.5, 0.6) is 5.75 Å². The van der Waals surface area contributed by atoms with Crippen molar-refractivity contribution in [3.05, 3.63) is 103 Å². The van der Waals surface area contributed by atoms with E-state index < -0.39 is 79.9 Å². The molecule has 0 aromatic heterocycles. The van der Waals surface area contributed by atoms with Crippen molar-refractivity contribution in [1.29, 1.82) is 0 Å². The number of hydrogen-bond acceptors (Lipinski definition) is 10. The molecule has 14 nitrogen and oxygen atoms in total. The standard InChI is InChI=1S/C35H30ClN5O9/c1-35-24(32(44)39(34(35)46)17-7-5-4-6-8-17)16-23-20(29(35)21-10-9-19(42)15-25(21)36)11-12-22-28(23)33(45)38(31(22)43)18-13-26(40(47)48)30(37(2)3)27(14-18)41(49)50/h4-11,13-15,22-24,28-29,42H,12,16H2,1-3H3. The van der Waals surface area contributed by atoms with Crippen LogP contribution in [0, 0.1) is 49.3 Å². The summed E-state index contributed by atoms with van der Waals surface area (Å²) >= 11 is 6.73. The number of anilines is 3. The second-order valence-electron chi connectivity index (χ2n) is 13.5. The Labute approximate surface area is 289 Å². The van der Waals surface area contributed by atoms with Gasteiger partial charge in [0.2, 0.25) is 23.6 Å². The maximum absolute atomic E-state index is 14.5. The molecule has 3 aromatic rings. The van der Waals surface area contributed by atoms with Crippen LogP contribution in [-0.2, 0) is 19.2 Å². The molecule has 50 heavy (non-hydrogen) atoms. The van der Waals surface area contributed by atoms with Gasteiger partial charge in [-0.1, -0.05) is 47.5 Å². The van der Waals surface area contributed by atoms with Crippen molar-refractivity contribution in [3.8, 4) is 5.75 Å². The van der Waals surface area contributed by atoms with Crippen molar-refractivity contribution in [1.82, 2.24) is 0 Å². The Hall–Kier alpha value is -5.63. The number of amides is 4. The number of carbonyl (C=O) groups is 4. The van der Waals surface area contributed by atoms with Gasteiger partial charge < -0.3 is 10.0 Å². The molecule has 6 atom stereocenters. The molecular weight excluding hydrogens is 670 g/mol. The summed E-state index contributed by atoms with van der Waals surface area (Å²) in [5, 5.41) is 34.5. The summed E-state index contributed by atoms with van der Waals surface area (Å²) in [5.74, 6) is -6.90. The summed E-state index contributed by atoms with van der Waals surface area (Å²) in [6.07, 6.45) is 1.91. The van der Waals surface area contributed by atoms with Crippen molar-refractivity contribution in [2.45, 2.75) is 25.7 Å². The fraction of sp³-hybridized carbons (Fsp3) is 0.314. The minimum atomic E-state index is -1.36. The zero-order chi connectivity index (χ0) is 36.0. The zero-order valence-electron chi connectivity index (χ0n) is 27.0. The Morgan fingerprint density at radius 3 is 2.08 bits per heavy atom. The highest BCUT2D eigenvalue weighted by Gasteiger charge is 2.68. The summed E-state index contributed by atoms with van der Waals surface area (Å²) in [5.41, 5.74) is -1.79. The van der Waals surface area contributed by atoms with Crippen molar-refractivity contribution in [2.75, 3.05) is 28.8 Å². The predicted molar refractivity (Wildman–Crippen MR) is 181 cm³/mol. The lowest BCUT2D eigenvalue weighted by Gasteiger charge is -2.49. The molecule has 0 bridgehead atoms. The highest BCUT2D eigenvalue weighted by molar-refractivity contribution is 6.32. The van der Waals surface area contributed by atoms with E-state index >= 15 is 0 Å². The number of halogens is 1. The number of para-hydroxylation sites is 1. The summed E-state index contributed by atoms with van der Waals surface area (Å²) in [6.45, 7) is 1.70. The highest BCUT2D eigenvalue weighted by atomic mass is 35.5. The normalized spacial score (nSPS) is 27.1. The van der Waals surface area contributed by atoms with E-state index in [9.17, 15) is 44.5 Å². The van der Waals surface area contributed by atoms with Gasteiger partial charge in [-0.3, -0.25) is 39.4 Å². The monoisotopic (exact) mass is 699 g/mol. The molecule has 256 valence electrons. The lowest BCUT2D eigenvalue weighted by Crippen LogP contribution is -2.49.